The van der Waals surface area contributed by atoms with E-state index in [9.17, 15) is 14.0 Å². The van der Waals surface area contributed by atoms with Gasteiger partial charge in [0, 0.05) is 50.6 Å². The van der Waals surface area contributed by atoms with E-state index in [1.54, 1.807) is 58.4 Å². The van der Waals surface area contributed by atoms with E-state index in [1.165, 1.54) is 19.1 Å². The number of benzene rings is 2. The fraction of sp³-hybridized carbons (Fsp3) is 0.300. The van der Waals surface area contributed by atoms with Crippen molar-refractivity contribution in [3.63, 3.8) is 0 Å². The third kappa shape index (κ3) is 5.58. The number of halogens is 1. The molecule has 13 heteroatoms. The average molecular weight is 582 g/mol. The van der Waals surface area contributed by atoms with Gasteiger partial charge in [-0.15, -0.1) is 10.2 Å². The molecule has 3 aromatic heterocycles. The van der Waals surface area contributed by atoms with Crippen molar-refractivity contribution < 1.29 is 18.4 Å². The fourth-order valence-electron chi connectivity index (χ4n) is 5.33. The zero-order valence-corrected chi connectivity index (χ0v) is 23.4. The molecule has 0 spiro atoms. The Morgan fingerprint density at radius 1 is 1.02 bits per heavy atom. The van der Waals surface area contributed by atoms with Crippen LogP contribution in [0.5, 0.6) is 0 Å². The van der Waals surface area contributed by atoms with E-state index in [0.717, 1.165) is 18.4 Å². The van der Waals surface area contributed by atoms with Crippen LogP contribution in [0, 0.1) is 5.82 Å². The SMILES string of the molecule is CC(=O)Nc1ccc2oc(-c3ccnc(C(=O)N4CCN(C(c5ccc(F)cc5)c5nnn(C6CC6)n5)CC4)c3)nc2c1. The highest BCUT2D eigenvalue weighted by atomic mass is 19.1. The molecule has 12 nitrogen and oxygen atoms in total. The number of carbonyl (C=O) groups is 2. The lowest BCUT2D eigenvalue weighted by molar-refractivity contribution is -0.114. The monoisotopic (exact) mass is 581 g/mol. The Hall–Kier alpha value is -5.04. The van der Waals surface area contributed by atoms with Gasteiger partial charge in [-0.05, 0) is 66.1 Å². The lowest BCUT2D eigenvalue weighted by atomic mass is 10.0. The van der Waals surface area contributed by atoms with E-state index in [0.29, 0.717) is 66.3 Å². The third-order valence-electron chi connectivity index (χ3n) is 7.65. The van der Waals surface area contributed by atoms with Crippen LogP contribution in [0.25, 0.3) is 22.6 Å². The minimum Gasteiger partial charge on any atom is -0.436 e. The average Bonchev–Trinajstić information content (AvgIpc) is 3.60. The van der Waals surface area contributed by atoms with Crippen LogP contribution in [0.1, 0.15) is 53.7 Å². The van der Waals surface area contributed by atoms with E-state index in [1.807, 2.05) is 0 Å². The zero-order valence-electron chi connectivity index (χ0n) is 23.4. The summed E-state index contributed by atoms with van der Waals surface area (Å²) in [6.07, 6.45) is 3.65. The minimum absolute atomic E-state index is 0.176. The van der Waals surface area contributed by atoms with Crippen molar-refractivity contribution >= 4 is 28.6 Å². The molecule has 2 aliphatic rings. The Balaban J connectivity index is 1.07. The van der Waals surface area contributed by atoms with Gasteiger partial charge in [-0.25, -0.2) is 9.37 Å². The maximum Gasteiger partial charge on any atom is 0.272 e. The normalized spacial score (nSPS) is 16.4. The molecule has 4 heterocycles. The summed E-state index contributed by atoms with van der Waals surface area (Å²) in [6.45, 7) is 3.50. The fourth-order valence-corrected chi connectivity index (χ4v) is 5.33. The van der Waals surface area contributed by atoms with Gasteiger partial charge in [0.2, 0.25) is 11.8 Å². The zero-order chi connectivity index (χ0) is 29.5. The number of carbonyl (C=O) groups excluding carboxylic acids is 2. The molecule has 43 heavy (non-hydrogen) atoms. The molecule has 1 aliphatic heterocycles. The Bertz CT molecular complexity index is 1810. The molecular weight excluding hydrogens is 553 g/mol. The minimum atomic E-state index is -0.310. The number of piperazine rings is 1. The van der Waals surface area contributed by atoms with Crippen molar-refractivity contribution in [2.24, 2.45) is 0 Å². The number of tetrazole rings is 1. The smallest absolute Gasteiger partial charge is 0.272 e. The van der Waals surface area contributed by atoms with Crippen molar-refractivity contribution in [3.8, 4) is 11.5 Å². The van der Waals surface area contributed by atoms with Gasteiger partial charge in [-0.3, -0.25) is 19.5 Å². The maximum atomic E-state index is 13.7. The van der Waals surface area contributed by atoms with E-state index < -0.39 is 0 Å². The number of nitrogens with zero attached hydrogens (tertiary/aromatic N) is 8. The van der Waals surface area contributed by atoms with Gasteiger partial charge in [-0.2, -0.15) is 4.80 Å². The molecule has 2 fully saturated rings. The first-order chi connectivity index (χ1) is 20.9. The molecule has 2 aromatic carbocycles. The van der Waals surface area contributed by atoms with Crippen LogP contribution in [-0.2, 0) is 4.79 Å². The highest BCUT2D eigenvalue weighted by Crippen LogP contribution is 2.34. The van der Waals surface area contributed by atoms with Crippen molar-refractivity contribution in [3.05, 3.63) is 83.7 Å². The lowest BCUT2D eigenvalue weighted by Gasteiger charge is -2.38. The van der Waals surface area contributed by atoms with Crippen LogP contribution >= 0.6 is 0 Å². The standard InChI is InChI=1S/C30H28FN9O3/c1-18(41)33-22-6-9-26-24(17-22)34-29(43-26)20-10-11-32-25(16-20)30(42)39-14-12-38(13-15-39)27(19-2-4-21(31)5-3-19)28-35-37-40(36-28)23-7-8-23/h2-6,9-11,16-17,23,27H,7-8,12-15H2,1H3,(H,33,41). The van der Waals surface area contributed by atoms with E-state index in [2.05, 4.69) is 35.6 Å². The molecule has 1 aliphatic carbocycles. The van der Waals surface area contributed by atoms with E-state index in [-0.39, 0.29) is 29.4 Å². The van der Waals surface area contributed by atoms with Gasteiger partial charge < -0.3 is 14.6 Å². The van der Waals surface area contributed by atoms with Gasteiger partial charge >= 0.3 is 0 Å². The Morgan fingerprint density at radius 3 is 2.56 bits per heavy atom. The number of hydrogen-bond acceptors (Lipinski definition) is 9. The molecule has 1 N–H and O–H groups in total. The number of hydrogen-bond donors (Lipinski definition) is 1. The highest BCUT2D eigenvalue weighted by molar-refractivity contribution is 5.94. The van der Waals surface area contributed by atoms with Crippen LogP contribution in [0.4, 0.5) is 10.1 Å². The molecule has 5 aromatic rings. The summed E-state index contributed by atoms with van der Waals surface area (Å²) in [5.41, 5.74) is 3.55. The first kappa shape index (κ1) is 26.8. The molecule has 1 saturated carbocycles. The number of rotatable bonds is 7. The van der Waals surface area contributed by atoms with Crippen molar-refractivity contribution in [1.29, 1.82) is 0 Å². The van der Waals surface area contributed by atoms with Gasteiger partial charge in [-0.1, -0.05) is 12.1 Å². The molecule has 218 valence electrons. The lowest BCUT2D eigenvalue weighted by Crippen LogP contribution is -2.50. The number of anilines is 1. The van der Waals surface area contributed by atoms with Gasteiger partial charge in [0.25, 0.3) is 5.91 Å². The van der Waals surface area contributed by atoms with Crippen molar-refractivity contribution in [2.75, 3.05) is 31.5 Å². The number of nitrogens with one attached hydrogen (secondary N) is 1. The second kappa shape index (κ2) is 11.0. The van der Waals surface area contributed by atoms with Gasteiger partial charge in [0.15, 0.2) is 11.4 Å². The molecule has 7 rings (SSSR count). The van der Waals surface area contributed by atoms with Crippen LogP contribution in [0.15, 0.2) is 65.2 Å². The quantitative estimate of drug-likeness (QED) is 0.304. The number of aromatic nitrogens is 6. The van der Waals surface area contributed by atoms with Crippen molar-refractivity contribution in [1.82, 2.24) is 40.0 Å². The first-order valence-electron chi connectivity index (χ1n) is 14.1. The molecule has 1 atom stereocenters. The van der Waals surface area contributed by atoms with Gasteiger partial charge in [0.1, 0.15) is 17.0 Å². The molecule has 1 saturated heterocycles. The van der Waals surface area contributed by atoms with Crippen LogP contribution in [-0.4, -0.2) is 78.0 Å². The third-order valence-corrected chi connectivity index (χ3v) is 7.65. The Kier molecular flexibility index (Phi) is 6.86. The number of amides is 2. The summed E-state index contributed by atoms with van der Waals surface area (Å²) < 4.78 is 19.6. The van der Waals surface area contributed by atoms with Crippen molar-refractivity contribution in [2.45, 2.75) is 31.8 Å². The second-order valence-electron chi connectivity index (χ2n) is 10.8. The largest absolute Gasteiger partial charge is 0.436 e. The topological polar surface area (TPSA) is 135 Å². The number of oxazole rings is 1. The summed E-state index contributed by atoms with van der Waals surface area (Å²) >= 11 is 0. The summed E-state index contributed by atoms with van der Waals surface area (Å²) in [5, 5.41) is 16.0. The van der Waals surface area contributed by atoms with E-state index in [4.69, 9.17) is 4.42 Å². The maximum absolute atomic E-state index is 13.7. The Morgan fingerprint density at radius 2 is 1.81 bits per heavy atom. The summed E-state index contributed by atoms with van der Waals surface area (Å²) in [4.78, 5) is 39.4. The highest BCUT2D eigenvalue weighted by Gasteiger charge is 2.33. The molecule has 1 unspecified atom stereocenters. The summed E-state index contributed by atoms with van der Waals surface area (Å²) in [6, 6.07) is 15.0. The summed E-state index contributed by atoms with van der Waals surface area (Å²) in [5.74, 6) is 0.238. The van der Waals surface area contributed by atoms with E-state index >= 15 is 0 Å². The summed E-state index contributed by atoms with van der Waals surface area (Å²) in [7, 11) is 0. The number of fused-ring (bicyclic) bond motifs is 1. The molecule has 0 bridgehead atoms. The predicted molar refractivity (Wildman–Crippen MR) is 153 cm³/mol. The van der Waals surface area contributed by atoms with Gasteiger partial charge in [0.05, 0.1) is 12.1 Å². The van der Waals surface area contributed by atoms with Crippen LogP contribution < -0.4 is 5.32 Å². The second-order valence-corrected chi connectivity index (χ2v) is 10.8. The van der Waals surface area contributed by atoms with Crippen LogP contribution in [0.3, 0.4) is 0 Å². The molecular formula is C30H28FN9O3. The van der Waals surface area contributed by atoms with Crippen LogP contribution in [0.2, 0.25) is 0 Å². The molecule has 0 radical (unpaired) electrons. The molecule has 2 amide bonds. The first-order valence-corrected chi connectivity index (χ1v) is 14.1. The predicted octanol–water partition coefficient (Wildman–Crippen LogP) is 3.86. The Labute approximate surface area is 245 Å². The number of pyridine rings is 1.